The zero-order valence-electron chi connectivity index (χ0n) is 12.8. The van der Waals surface area contributed by atoms with Gasteiger partial charge in [0, 0.05) is 5.56 Å². The summed E-state index contributed by atoms with van der Waals surface area (Å²) in [7, 11) is 0. The molecule has 6 nitrogen and oxygen atoms in total. The van der Waals surface area contributed by atoms with Gasteiger partial charge in [0.2, 0.25) is 17.8 Å². The van der Waals surface area contributed by atoms with Crippen molar-refractivity contribution in [2.45, 2.75) is 12.8 Å². The van der Waals surface area contributed by atoms with Gasteiger partial charge in [0.05, 0.1) is 17.0 Å². The van der Waals surface area contributed by atoms with E-state index in [2.05, 4.69) is 15.3 Å². The van der Waals surface area contributed by atoms with Crippen LogP contribution in [0.2, 0.25) is 0 Å². The Morgan fingerprint density at radius 3 is 2.71 bits per heavy atom. The maximum atomic E-state index is 13.8. The Balaban J connectivity index is 1.83. The molecule has 1 atom stereocenters. The standard InChI is InChI=1S/C17H15FN4O2/c1-9(11-4-2-3-5-12(11)18)16(24)22-17-20-13-7-6-10(15(19)23)8-14(13)21-17/h2-9H,1H3,(H2,19,23)(H2,20,21,22,24). The SMILES string of the molecule is CC(C(=O)Nc1nc2ccc(C(N)=O)cc2[nH]1)c1ccccc1F. The van der Waals surface area contributed by atoms with Gasteiger partial charge in [-0.25, -0.2) is 9.37 Å². The minimum atomic E-state index is -0.680. The first-order chi connectivity index (χ1) is 11.5. The number of H-pyrrole nitrogens is 1. The van der Waals surface area contributed by atoms with Gasteiger partial charge in [-0.2, -0.15) is 0 Å². The van der Waals surface area contributed by atoms with Crippen molar-refractivity contribution in [1.29, 1.82) is 0 Å². The highest BCUT2D eigenvalue weighted by atomic mass is 19.1. The molecule has 0 aliphatic rings. The van der Waals surface area contributed by atoms with Gasteiger partial charge in [-0.3, -0.25) is 14.9 Å². The molecule has 0 aliphatic heterocycles. The van der Waals surface area contributed by atoms with Crippen LogP contribution in [0.25, 0.3) is 11.0 Å². The van der Waals surface area contributed by atoms with Crippen LogP contribution in [-0.4, -0.2) is 21.8 Å². The van der Waals surface area contributed by atoms with E-state index in [0.29, 0.717) is 22.2 Å². The number of amides is 2. The normalized spacial score (nSPS) is 12.1. The Labute approximate surface area is 136 Å². The molecule has 0 radical (unpaired) electrons. The molecule has 0 spiro atoms. The zero-order chi connectivity index (χ0) is 17.3. The molecule has 2 aromatic carbocycles. The van der Waals surface area contributed by atoms with Gasteiger partial charge in [-0.15, -0.1) is 0 Å². The van der Waals surface area contributed by atoms with Crippen LogP contribution in [0.5, 0.6) is 0 Å². The van der Waals surface area contributed by atoms with Crippen LogP contribution in [0.15, 0.2) is 42.5 Å². The highest BCUT2D eigenvalue weighted by Crippen LogP contribution is 2.21. The molecule has 2 amide bonds. The van der Waals surface area contributed by atoms with Gasteiger partial charge in [0.15, 0.2) is 0 Å². The van der Waals surface area contributed by atoms with E-state index in [0.717, 1.165) is 0 Å². The summed E-state index contributed by atoms with van der Waals surface area (Å²) < 4.78 is 13.8. The Morgan fingerprint density at radius 1 is 1.25 bits per heavy atom. The van der Waals surface area contributed by atoms with Gasteiger partial charge >= 0.3 is 0 Å². The number of imidazole rings is 1. The number of rotatable bonds is 4. The molecule has 1 heterocycles. The number of carbonyl (C=O) groups excluding carboxylic acids is 2. The molecule has 0 bridgehead atoms. The first-order valence-corrected chi connectivity index (χ1v) is 7.30. The topological polar surface area (TPSA) is 101 Å². The fourth-order valence-corrected chi connectivity index (χ4v) is 2.41. The number of nitrogens with zero attached hydrogens (tertiary/aromatic N) is 1. The molecular weight excluding hydrogens is 311 g/mol. The van der Waals surface area contributed by atoms with Crippen LogP contribution >= 0.6 is 0 Å². The van der Waals surface area contributed by atoms with Gasteiger partial charge in [-0.05, 0) is 36.8 Å². The van der Waals surface area contributed by atoms with Crippen molar-refractivity contribution in [3.8, 4) is 0 Å². The maximum Gasteiger partial charge on any atom is 0.248 e. The summed E-state index contributed by atoms with van der Waals surface area (Å²) >= 11 is 0. The predicted octanol–water partition coefficient (Wildman–Crippen LogP) is 2.54. The van der Waals surface area contributed by atoms with Crippen molar-refractivity contribution < 1.29 is 14.0 Å². The number of fused-ring (bicyclic) bond motifs is 1. The average molecular weight is 326 g/mol. The molecule has 122 valence electrons. The summed E-state index contributed by atoms with van der Waals surface area (Å²) in [6.45, 7) is 1.61. The Kier molecular flexibility index (Phi) is 3.99. The highest BCUT2D eigenvalue weighted by molar-refractivity contribution is 5.98. The molecule has 1 unspecified atom stereocenters. The van der Waals surface area contributed by atoms with Crippen molar-refractivity contribution >= 4 is 28.8 Å². The lowest BCUT2D eigenvalue weighted by molar-refractivity contribution is -0.117. The minimum absolute atomic E-state index is 0.222. The largest absolute Gasteiger partial charge is 0.366 e. The van der Waals surface area contributed by atoms with Crippen molar-refractivity contribution in [3.63, 3.8) is 0 Å². The fraction of sp³-hybridized carbons (Fsp3) is 0.118. The van der Waals surface area contributed by atoms with Crippen LogP contribution < -0.4 is 11.1 Å². The number of aromatic amines is 1. The van der Waals surface area contributed by atoms with Crippen molar-refractivity contribution in [2.75, 3.05) is 5.32 Å². The molecule has 24 heavy (non-hydrogen) atoms. The van der Waals surface area contributed by atoms with E-state index in [-0.39, 0.29) is 5.95 Å². The van der Waals surface area contributed by atoms with E-state index in [1.54, 1.807) is 43.3 Å². The van der Waals surface area contributed by atoms with E-state index in [9.17, 15) is 14.0 Å². The number of primary amides is 1. The van der Waals surface area contributed by atoms with E-state index < -0.39 is 23.5 Å². The van der Waals surface area contributed by atoms with Crippen LogP contribution in [0.4, 0.5) is 10.3 Å². The van der Waals surface area contributed by atoms with Gasteiger partial charge < -0.3 is 10.7 Å². The number of anilines is 1. The second-order valence-corrected chi connectivity index (χ2v) is 5.41. The summed E-state index contributed by atoms with van der Waals surface area (Å²) in [5.41, 5.74) is 7.02. The number of nitrogens with one attached hydrogen (secondary N) is 2. The highest BCUT2D eigenvalue weighted by Gasteiger charge is 2.19. The average Bonchev–Trinajstić information content (AvgIpc) is 2.95. The Morgan fingerprint density at radius 2 is 2.00 bits per heavy atom. The first kappa shape index (κ1) is 15.7. The molecule has 7 heteroatoms. The lowest BCUT2D eigenvalue weighted by Gasteiger charge is -2.11. The molecule has 1 aromatic heterocycles. The maximum absolute atomic E-state index is 13.8. The van der Waals surface area contributed by atoms with E-state index in [4.69, 9.17) is 5.73 Å². The summed E-state index contributed by atoms with van der Waals surface area (Å²) in [5.74, 6) is -1.84. The molecule has 4 N–H and O–H groups in total. The van der Waals surface area contributed by atoms with Crippen molar-refractivity contribution in [1.82, 2.24) is 9.97 Å². The quantitative estimate of drug-likeness (QED) is 0.686. The van der Waals surface area contributed by atoms with E-state index >= 15 is 0 Å². The lowest BCUT2D eigenvalue weighted by Crippen LogP contribution is -2.20. The van der Waals surface area contributed by atoms with Gasteiger partial charge in [0.25, 0.3) is 0 Å². The monoisotopic (exact) mass is 326 g/mol. The second-order valence-electron chi connectivity index (χ2n) is 5.41. The summed E-state index contributed by atoms with van der Waals surface area (Å²) in [4.78, 5) is 30.6. The van der Waals surface area contributed by atoms with Crippen LogP contribution in [0.1, 0.15) is 28.8 Å². The van der Waals surface area contributed by atoms with Crippen LogP contribution in [0.3, 0.4) is 0 Å². The summed E-state index contributed by atoms with van der Waals surface area (Å²) in [5, 5.41) is 2.62. The van der Waals surface area contributed by atoms with Gasteiger partial charge in [0.1, 0.15) is 5.82 Å². The van der Waals surface area contributed by atoms with Crippen molar-refractivity contribution in [2.24, 2.45) is 5.73 Å². The molecule has 3 rings (SSSR count). The molecule has 0 saturated carbocycles. The number of halogens is 1. The first-order valence-electron chi connectivity index (χ1n) is 7.30. The number of carbonyl (C=O) groups is 2. The third-order valence-electron chi connectivity index (χ3n) is 3.77. The molecular formula is C17H15FN4O2. The summed E-state index contributed by atoms with van der Waals surface area (Å²) in [6, 6.07) is 10.9. The number of benzene rings is 2. The minimum Gasteiger partial charge on any atom is -0.366 e. The molecule has 3 aromatic rings. The number of aromatic nitrogens is 2. The van der Waals surface area contributed by atoms with Crippen LogP contribution in [0, 0.1) is 5.82 Å². The van der Waals surface area contributed by atoms with E-state index in [1.165, 1.54) is 6.07 Å². The second kappa shape index (κ2) is 6.11. The molecule has 0 saturated heterocycles. The Bertz CT molecular complexity index is 935. The van der Waals surface area contributed by atoms with Gasteiger partial charge in [-0.1, -0.05) is 18.2 Å². The van der Waals surface area contributed by atoms with Crippen LogP contribution in [-0.2, 0) is 4.79 Å². The van der Waals surface area contributed by atoms with E-state index in [1.807, 2.05) is 0 Å². The molecule has 0 fully saturated rings. The third kappa shape index (κ3) is 2.96. The van der Waals surface area contributed by atoms with Crippen molar-refractivity contribution in [3.05, 3.63) is 59.4 Å². The number of hydrogen-bond acceptors (Lipinski definition) is 3. The smallest absolute Gasteiger partial charge is 0.248 e. The Hall–Kier alpha value is -3.22. The predicted molar refractivity (Wildman–Crippen MR) is 88.1 cm³/mol. The summed E-state index contributed by atoms with van der Waals surface area (Å²) in [6.07, 6.45) is 0. The molecule has 0 aliphatic carbocycles. The number of hydrogen-bond donors (Lipinski definition) is 3. The number of nitrogens with two attached hydrogens (primary N) is 1. The lowest BCUT2D eigenvalue weighted by atomic mass is 10.00. The fourth-order valence-electron chi connectivity index (χ4n) is 2.41. The zero-order valence-corrected chi connectivity index (χ0v) is 12.8. The third-order valence-corrected chi connectivity index (χ3v) is 3.77.